The monoisotopic (exact) mass is 252 g/mol. The fraction of sp³-hybridized carbons (Fsp3) is 0.500. The number of nitrogens with one attached hydrogen (secondary N) is 1. The second-order valence-corrected chi connectivity index (χ2v) is 3.88. The molecule has 2 heterocycles. The van der Waals surface area contributed by atoms with Crippen LogP contribution in [0.5, 0.6) is 0 Å². The second-order valence-electron chi connectivity index (χ2n) is 3.88. The zero-order valence-corrected chi connectivity index (χ0v) is 10.8. The maximum atomic E-state index is 9.08. The quantitative estimate of drug-likeness (QED) is 0.863. The summed E-state index contributed by atoms with van der Waals surface area (Å²) in [4.78, 5) is 6.75. The smallest absolute Gasteiger partial charge is 0.146 e. The van der Waals surface area contributed by atoms with Crippen LogP contribution in [0.3, 0.4) is 0 Å². The van der Waals surface area contributed by atoms with Crippen molar-refractivity contribution in [1.82, 2.24) is 10.3 Å². The number of nitrogens with zero attached hydrogens (tertiary/aromatic N) is 3. The topological polar surface area (TPSA) is 52.0 Å². The minimum absolute atomic E-state index is 0. The summed E-state index contributed by atoms with van der Waals surface area (Å²) in [5.74, 6) is 0.850. The van der Waals surface area contributed by atoms with Crippen molar-refractivity contribution in [3.05, 3.63) is 23.4 Å². The zero-order chi connectivity index (χ0) is 11.4. The summed E-state index contributed by atoms with van der Waals surface area (Å²) in [5.41, 5.74) is 1.73. The molecule has 17 heavy (non-hydrogen) atoms. The molecule has 1 aliphatic rings. The number of nitriles is 1. The van der Waals surface area contributed by atoms with Gasteiger partial charge in [0.05, 0.1) is 5.56 Å². The Morgan fingerprint density at radius 2 is 2.12 bits per heavy atom. The lowest BCUT2D eigenvalue weighted by atomic mass is 10.2. The Kier molecular flexibility index (Phi) is 5.20. The number of rotatable bonds is 2. The first-order chi connectivity index (χ1) is 7.85. The third-order valence-corrected chi connectivity index (χ3v) is 2.83. The molecular weight excluding hydrogens is 236 g/mol. The molecule has 0 unspecified atom stereocenters. The van der Waals surface area contributed by atoms with Gasteiger partial charge < -0.3 is 10.2 Å². The van der Waals surface area contributed by atoms with E-state index in [0.29, 0.717) is 5.56 Å². The number of anilines is 1. The Hall–Kier alpha value is -1.31. The Balaban J connectivity index is 0.00000144. The Labute approximate surface area is 108 Å². The lowest BCUT2D eigenvalue weighted by molar-refractivity contribution is 0.584. The summed E-state index contributed by atoms with van der Waals surface area (Å²) < 4.78 is 0. The Morgan fingerprint density at radius 1 is 1.41 bits per heavy atom. The van der Waals surface area contributed by atoms with Crippen molar-refractivity contribution in [3.63, 3.8) is 0 Å². The summed E-state index contributed by atoms with van der Waals surface area (Å²) in [7, 11) is 0. The van der Waals surface area contributed by atoms with Crippen LogP contribution in [0.25, 0.3) is 0 Å². The number of aryl methyl sites for hydroxylation is 1. The van der Waals surface area contributed by atoms with E-state index in [9.17, 15) is 0 Å². The fourth-order valence-electron chi connectivity index (χ4n) is 1.89. The average Bonchev–Trinajstić information content (AvgIpc) is 2.39. The number of piperazine rings is 1. The largest absolute Gasteiger partial charge is 0.353 e. The van der Waals surface area contributed by atoms with Gasteiger partial charge in [-0.3, -0.25) is 0 Å². The third kappa shape index (κ3) is 3.09. The molecule has 5 heteroatoms. The van der Waals surface area contributed by atoms with Crippen molar-refractivity contribution < 1.29 is 0 Å². The number of hydrogen-bond donors (Lipinski definition) is 1. The van der Waals surface area contributed by atoms with E-state index in [2.05, 4.69) is 28.2 Å². The number of hydrogen-bond acceptors (Lipinski definition) is 4. The van der Waals surface area contributed by atoms with Crippen LogP contribution in [0.2, 0.25) is 0 Å². The predicted molar refractivity (Wildman–Crippen MR) is 70.7 cm³/mol. The summed E-state index contributed by atoms with van der Waals surface area (Å²) in [5, 5.41) is 12.4. The number of pyridine rings is 1. The lowest BCUT2D eigenvalue weighted by Crippen LogP contribution is -2.44. The van der Waals surface area contributed by atoms with Gasteiger partial charge in [-0.05, 0) is 18.6 Å². The number of halogens is 1. The van der Waals surface area contributed by atoms with E-state index in [1.54, 1.807) is 0 Å². The molecule has 0 saturated carbocycles. The molecule has 1 fully saturated rings. The maximum absolute atomic E-state index is 9.08. The average molecular weight is 253 g/mol. The summed E-state index contributed by atoms with van der Waals surface area (Å²) in [6.45, 7) is 5.85. The van der Waals surface area contributed by atoms with Gasteiger partial charge in [0.25, 0.3) is 0 Å². The van der Waals surface area contributed by atoms with Gasteiger partial charge in [-0.25, -0.2) is 4.98 Å². The van der Waals surface area contributed by atoms with Gasteiger partial charge in [0, 0.05) is 31.9 Å². The highest BCUT2D eigenvalue weighted by Crippen LogP contribution is 2.18. The summed E-state index contributed by atoms with van der Waals surface area (Å²) in [6, 6.07) is 6.03. The van der Waals surface area contributed by atoms with Crippen LogP contribution in [0, 0.1) is 11.3 Å². The predicted octanol–water partition coefficient (Wildman–Crippen LogP) is 1.35. The molecule has 1 saturated heterocycles. The van der Waals surface area contributed by atoms with E-state index in [1.165, 1.54) is 0 Å². The summed E-state index contributed by atoms with van der Waals surface area (Å²) in [6.07, 6.45) is 0.908. The SMILES string of the molecule is CCc1ccc(C#N)c(N2CCNCC2)n1.Cl. The van der Waals surface area contributed by atoms with Gasteiger partial charge in [0.1, 0.15) is 11.9 Å². The molecule has 1 aliphatic heterocycles. The van der Waals surface area contributed by atoms with Crippen LogP contribution in [-0.2, 0) is 6.42 Å². The van der Waals surface area contributed by atoms with Crippen LogP contribution < -0.4 is 10.2 Å². The molecule has 0 aromatic carbocycles. The van der Waals surface area contributed by atoms with E-state index in [-0.39, 0.29) is 12.4 Å². The second kappa shape index (κ2) is 6.43. The molecular formula is C12H17ClN4. The van der Waals surface area contributed by atoms with Crippen molar-refractivity contribution in [3.8, 4) is 6.07 Å². The third-order valence-electron chi connectivity index (χ3n) is 2.83. The van der Waals surface area contributed by atoms with Gasteiger partial charge in [-0.15, -0.1) is 12.4 Å². The minimum Gasteiger partial charge on any atom is -0.353 e. The van der Waals surface area contributed by atoms with E-state index < -0.39 is 0 Å². The summed E-state index contributed by atoms with van der Waals surface area (Å²) >= 11 is 0. The Bertz CT molecular complexity index is 407. The molecule has 1 aromatic rings. The first-order valence-electron chi connectivity index (χ1n) is 5.71. The molecule has 0 radical (unpaired) electrons. The molecule has 0 spiro atoms. The highest BCUT2D eigenvalue weighted by molar-refractivity contribution is 5.85. The van der Waals surface area contributed by atoms with Gasteiger partial charge in [0.2, 0.25) is 0 Å². The standard InChI is InChI=1S/C12H16N4.ClH/c1-2-11-4-3-10(9-13)12(15-11)16-7-5-14-6-8-16;/h3-4,14H,2,5-8H2,1H3;1H. The van der Waals surface area contributed by atoms with Crippen LogP contribution in [-0.4, -0.2) is 31.2 Å². The van der Waals surface area contributed by atoms with Gasteiger partial charge in [-0.1, -0.05) is 6.92 Å². The van der Waals surface area contributed by atoms with Crippen LogP contribution >= 0.6 is 12.4 Å². The molecule has 1 aromatic heterocycles. The van der Waals surface area contributed by atoms with E-state index in [1.807, 2.05) is 12.1 Å². The van der Waals surface area contributed by atoms with Crippen LogP contribution in [0.1, 0.15) is 18.2 Å². The van der Waals surface area contributed by atoms with Gasteiger partial charge >= 0.3 is 0 Å². The first kappa shape index (κ1) is 13.8. The van der Waals surface area contributed by atoms with Gasteiger partial charge in [0.15, 0.2) is 0 Å². The highest BCUT2D eigenvalue weighted by Gasteiger charge is 2.15. The van der Waals surface area contributed by atoms with Crippen LogP contribution in [0.15, 0.2) is 12.1 Å². The van der Waals surface area contributed by atoms with Crippen molar-refractivity contribution in [2.75, 3.05) is 31.1 Å². The highest BCUT2D eigenvalue weighted by atomic mass is 35.5. The van der Waals surface area contributed by atoms with Crippen molar-refractivity contribution in [2.45, 2.75) is 13.3 Å². The molecule has 0 aliphatic carbocycles. The van der Waals surface area contributed by atoms with E-state index in [0.717, 1.165) is 44.1 Å². The molecule has 0 atom stereocenters. The molecule has 1 N–H and O–H groups in total. The molecule has 0 amide bonds. The fourth-order valence-corrected chi connectivity index (χ4v) is 1.89. The van der Waals surface area contributed by atoms with Crippen molar-refractivity contribution in [2.24, 2.45) is 0 Å². The Morgan fingerprint density at radius 3 is 2.71 bits per heavy atom. The van der Waals surface area contributed by atoms with Gasteiger partial charge in [-0.2, -0.15) is 5.26 Å². The normalized spacial score (nSPS) is 14.9. The van der Waals surface area contributed by atoms with Crippen molar-refractivity contribution >= 4 is 18.2 Å². The molecule has 92 valence electrons. The van der Waals surface area contributed by atoms with Crippen LogP contribution in [0.4, 0.5) is 5.82 Å². The maximum Gasteiger partial charge on any atom is 0.146 e. The minimum atomic E-state index is 0. The molecule has 4 nitrogen and oxygen atoms in total. The lowest BCUT2D eigenvalue weighted by Gasteiger charge is -2.29. The van der Waals surface area contributed by atoms with E-state index in [4.69, 9.17) is 5.26 Å². The molecule has 2 rings (SSSR count). The van der Waals surface area contributed by atoms with E-state index >= 15 is 0 Å². The molecule has 0 bridgehead atoms. The zero-order valence-electron chi connectivity index (χ0n) is 9.94. The number of aromatic nitrogens is 1. The first-order valence-corrected chi connectivity index (χ1v) is 5.71. The van der Waals surface area contributed by atoms with Crippen molar-refractivity contribution in [1.29, 1.82) is 5.26 Å².